The van der Waals surface area contributed by atoms with Crippen LogP contribution in [0.15, 0.2) is 49.1 Å². The Bertz CT molecular complexity index is 1620. The lowest BCUT2D eigenvalue weighted by molar-refractivity contribution is 0.0555. The van der Waals surface area contributed by atoms with E-state index in [2.05, 4.69) is 42.1 Å². The van der Waals surface area contributed by atoms with Crippen LogP contribution in [0.2, 0.25) is 0 Å². The maximum atomic E-state index is 15.2. The smallest absolute Gasteiger partial charge is 0.407 e. The number of halogens is 1. The second kappa shape index (κ2) is 9.43. The molecule has 1 saturated carbocycles. The summed E-state index contributed by atoms with van der Waals surface area (Å²) in [5.41, 5.74) is 4.35. The molecule has 4 heterocycles. The lowest BCUT2D eigenvalue weighted by Gasteiger charge is -2.18. The Balaban J connectivity index is 1.23. The molecule has 196 valence electrons. The van der Waals surface area contributed by atoms with Crippen LogP contribution >= 0.6 is 0 Å². The van der Waals surface area contributed by atoms with Crippen molar-refractivity contribution in [3.05, 3.63) is 54.7 Å². The Morgan fingerprint density at radius 2 is 2.08 bits per heavy atom. The molecule has 12 heteroatoms. The molecule has 0 unspecified atom stereocenters. The summed E-state index contributed by atoms with van der Waals surface area (Å²) >= 11 is 0. The van der Waals surface area contributed by atoms with Crippen LogP contribution in [0.3, 0.4) is 0 Å². The number of nitrogens with zero attached hydrogens (tertiary/aromatic N) is 6. The van der Waals surface area contributed by atoms with Crippen LogP contribution in [0.5, 0.6) is 0 Å². The number of aryl methyl sites for hydroxylation is 1. The molecule has 0 aliphatic heterocycles. The highest BCUT2D eigenvalue weighted by atomic mass is 19.1. The Morgan fingerprint density at radius 1 is 1.21 bits per heavy atom. The number of nitrogens with one attached hydrogen (secondary N) is 3. The van der Waals surface area contributed by atoms with Gasteiger partial charge in [0.15, 0.2) is 11.6 Å². The topological polar surface area (TPSA) is 127 Å². The van der Waals surface area contributed by atoms with Crippen molar-refractivity contribution in [2.24, 2.45) is 7.05 Å². The number of rotatable bonds is 6. The average molecular weight is 518 g/mol. The summed E-state index contributed by atoms with van der Waals surface area (Å²) in [6.45, 7) is 3.65. The largest absolute Gasteiger partial charge is 0.443 e. The van der Waals surface area contributed by atoms with E-state index in [0.717, 1.165) is 27.5 Å². The standard InChI is InChI=1S/C26H28FN9O2/c1-14(2)31-26(37)38-21-7-5-17(23(21)27)19-11-22(34-33-19)32-25-24-18(13-30-36(24)9-8-28-25)15-4-6-20-16(10-15)12-29-35(20)3/h4,6,8-14,17,21,23H,5,7H2,1-3H3,(H,31,37)(H2,28,32,33,34)/t17-,21-,23-/m1/s1. The third kappa shape index (κ3) is 4.31. The van der Waals surface area contributed by atoms with Crippen molar-refractivity contribution in [2.75, 3.05) is 5.32 Å². The summed E-state index contributed by atoms with van der Waals surface area (Å²) in [6.07, 6.45) is 5.34. The molecule has 1 aliphatic rings. The van der Waals surface area contributed by atoms with Gasteiger partial charge in [-0.1, -0.05) is 6.07 Å². The fourth-order valence-corrected chi connectivity index (χ4v) is 5.07. The predicted molar refractivity (Wildman–Crippen MR) is 140 cm³/mol. The number of alkyl carbamates (subject to hydrolysis) is 1. The highest BCUT2D eigenvalue weighted by molar-refractivity contribution is 5.93. The number of anilines is 2. The van der Waals surface area contributed by atoms with Crippen LogP contribution < -0.4 is 10.6 Å². The van der Waals surface area contributed by atoms with Crippen molar-refractivity contribution in [2.45, 2.75) is 50.9 Å². The van der Waals surface area contributed by atoms with Gasteiger partial charge in [0.05, 0.1) is 17.9 Å². The van der Waals surface area contributed by atoms with E-state index in [-0.39, 0.29) is 6.04 Å². The van der Waals surface area contributed by atoms with Gasteiger partial charge in [0.25, 0.3) is 0 Å². The molecule has 1 amide bonds. The molecule has 1 fully saturated rings. The molecule has 0 spiro atoms. The lowest BCUT2D eigenvalue weighted by Crippen LogP contribution is -2.36. The quantitative estimate of drug-likeness (QED) is 0.303. The highest BCUT2D eigenvalue weighted by Crippen LogP contribution is 2.39. The van der Waals surface area contributed by atoms with E-state index in [1.807, 2.05) is 43.9 Å². The minimum Gasteiger partial charge on any atom is -0.443 e. The number of hydrogen-bond acceptors (Lipinski definition) is 7. The highest BCUT2D eigenvalue weighted by Gasteiger charge is 2.41. The first-order chi connectivity index (χ1) is 18.4. The second-order valence-corrected chi connectivity index (χ2v) is 9.87. The van der Waals surface area contributed by atoms with Crippen molar-refractivity contribution in [3.63, 3.8) is 0 Å². The third-order valence-corrected chi connectivity index (χ3v) is 6.90. The van der Waals surface area contributed by atoms with Gasteiger partial charge in [-0.05, 0) is 44.4 Å². The maximum absolute atomic E-state index is 15.2. The van der Waals surface area contributed by atoms with Crippen molar-refractivity contribution < 1.29 is 13.9 Å². The summed E-state index contributed by atoms with van der Waals surface area (Å²) in [4.78, 5) is 16.5. The van der Waals surface area contributed by atoms with Crippen molar-refractivity contribution in [3.8, 4) is 11.1 Å². The number of fused-ring (bicyclic) bond motifs is 2. The normalized spacial score (nSPS) is 19.4. The first-order valence-corrected chi connectivity index (χ1v) is 12.6. The molecule has 4 aromatic heterocycles. The van der Waals surface area contributed by atoms with Gasteiger partial charge < -0.3 is 15.4 Å². The molecule has 3 N–H and O–H groups in total. The molecular formula is C26H28FN9O2. The van der Waals surface area contributed by atoms with E-state index < -0.39 is 24.3 Å². The molecule has 6 rings (SSSR count). The molecule has 11 nitrogen and oxygen atoms in total. The van der Waals surface area contributed by atoms with E-state index >= 15 is 4.39 Å². The number of amides is 1. The zero-order valence-corrected chi connectivity index (χ0v) is 21.2. The third-order valence-electron chi connectivity index (χ3n) is 6.90. The Labute approximate surface area is 217 Å². The minimum absolute atomic E-state index is 0.0772. The molecule has 1 aromatic carbocycles. The summed E-state index contributed by atoms with van der Waals surface area (Å²) in [5.74, 6) is 0.624. The van der Waals surface area contributed by atoms with Gasteiger partial charge in [0.1, 0.15) is 17.8 Å². The van der Waals surface area contributed by atoms with Gasteiger partial charge in [-0.25, -0.2) is 18.7 Å². The molecule has 0 bridgehead atoms. The zero-order valence-electron chi connectivity index (χ0n) is 21.2. The van der Waals surface area contributed by atoms with E-state index in [1.54, 1.807) is 29.2 Å². The first-order valence-electron chi connectivity index (χ1n) is 12.6. The number of aromatic nitrogens is 7. The van der Waals surface area contributed by atoms with Crippen LogP contribution in [-0.4, -0.2) is 59.0 Å². The number of aromatic amines is 1. The molecular weight excluding hydrogens is 489 g/mol. The first kappa shape index (κ1) is 23.9. The monoisotopic (exact) mass is 517 g/mol. The zero-order chi connectivity index (χ0) is 26.4. The average Bonchev–Trinajstić information content (AvgIpc) is 3.67. The van der Waals surface area contributed by atoms with Gasteiger partial charge in [0, 0.05) is 54.1 Å². The van der Waals surface area contributed by atoms with Gasteiger partial charge in [0.2, 0.25) is 0 Å². The summed E-state index contributed by atoms with van der Waals surface area (Å²) < 4.78 is 24.1. The SMILES string of the molecule is CC(C)NC(=O)O[C@@H]1CC[C@H](c2cc(Nc3nccn4ncc(-c5ccc6c(cnn6C)c5)c34)n[nH]2)[C@H]1F. The van der Waals surface area contributed by atoms with Crippen molar-refractivity contribution >= 4 is 34.1 Å². The van der Waals surface area contributed by atoms with Crippen LogP contribution in [0.25, 0.3) is 27.5 Å². The van der Waals surface area contributed by atoms with Crippen molar-refractivity contribution in [1.82, 2.24) is 39.9 Å². The fraction of sp³-hybridized carbons (Fsp3) is 0.346. The van der Waals surface area contributed by atoms with Crippen LogP contribution in [0.4, 0.5) is 20.8 Å². The maximum Gasteiger partial charge on any atom is 0.407 e. The van der Waals surface area contributed by atoms with E-state index in [9.17, 15) is 4.79 Å². The predicted octanol–water partition coefficient (Wildman–Crippen LogP) is 4.47. The number of carbonyl (C=O) groups is 1. The fourth-order valence-electron chi connectivity index (χ4n) is 5.07. The summed E-state index contributed by atoms with van der Waals surface area (Å²) in [7, 11) is 1.91. The number of alkyl halides is 1. The Hall–Kier alpha value is -4.48. The summed E-state index contributed by atoms with van der Waals surface area (Å²) in [5, 5.41) is 23.1. The molecule has 3 atom stereocenters. The van der Waals surface area contributed by atoms with Crippen molar-refractivity contribution in [1.29, 1.82) is 0 Å². The molecule has 0 saturated heterocycles. The second-order valence-electron chi connectivity index (χ2n) is 9.87. The molecule has 5 aromatic rings. The van der Waals surface area contributed by atoms with Gasteiger partial charge in [-0.2, -0.15) is 15.3 Å². The van der Waals surface area contributed by atoms with Crippen LogP contribution in [0, 0.1) is 0 Å². The number of ether oxygens (including phenoxy) is 1. The van der Waals surface area contributed by atoms with Gasteiger partial charge >= 0.3 is 6.09 Å². The number of benzene rings is 1. The van der Waals surface area contributed by atoms with Gasteiger partial charge in [-0.3, -0.25) is 9.78 Å². The van der Waals surface area contributed by atoms with Crippen LogP contribution in [-0.2, 0) is 11.8 Å². The van der Waals surface area contributed by atoms with E-state index in [0.29, 0.717) is 30.2 Å². The molecule has 0 radical (unpaired) electrons. The number of carbonyl (C=O) groups excluding carboxylic acids is 1. The lowest BCUT2D eigenvalue weighted by atomic mass is 10.0. The van der Waals surface area contributed by atoms with Gasteiger partial charge in [-0.15, -0.1) is 0 Å². The van der Waals surface area contributed by atoms with E-state index in [1.165, 1.54) is 0 Å². The minimum atomic E-state index is -1.33. The Morgan fingerprint density at radius 3 is 2.92 bits per heavy atom. The number of H-pyrrole nitrogens is 1. The van der Waals surface area contributed by atoms with E-state index in [4.69, 9.17) is 4.74 Å². The number of hydrogen-bond donors (Lipinski definition) is 3. The molecule has 38 heavy (non-hydrogen) atoms. The Kier molecular flexibility index (Phi) is 5.93. The van der Waals surface area contributed by atoms with Crippen LogP contribution in [0.1, 0.15) is 38.3 Å². The molecule has 1 aliphatic carbocycles. The summed E-state index contributed by atoms with van der Waals surface area (Å²) in [6, 6.07) is 7.84.